The Morgan fingerprint density at radius 3 is 2.78 bits per heavy atom. The summed E-state index contributed by atoms with van der Waals surface area (Å²) in [5, 5.41) is 24.8. The minimum atomic E-state index is -1.88. The minimum absolute atomic E-state index is 0.109. The third-order valence-corrected chi connectivity index (χ3v) is 6.20. The summed E-state index contributed by atoms with van der Waals surface area (Å²) >= 11 is 1.36. The Bertz CT molecular complexity index is 1270. The van der Waals surface area contributed by atoms with E-state index in [-0.39, 0.29) is 36.5 Å². The number of hydrogen-bond donors (Lipinski definition) is 3. The molecule has 11 heteroatoms. The molecule has 4 rings (SSSR count). The van der Waals surface area contributed by atoms with Gasteiger partial charge in [-0.25, -0.2) is 23.4 Å². The van der Waals surface area contributed by atoms with Crippen LogP contribution in [-0.4, -0.2) is 41.6 Å². The van der Waals surface area contributed by atoms with Gasteiger partial charge < -0.3 is 15.2 Å². The molecular formula is C21H21F2N5O3S. The second-order valence-electron chi connectivity index (χ2n) is 7.55. The Labute approximate surface area is 185 Å². The third-order valence-electron chi connectivity index (χ3n) is 5.12. The van der Waals surface area contributed by atoms with Crippen LogP contribution in [0.2, 0.25) is 0 Å². The number of aryl methyl sites for hydroxylation is 1. The molecule has 0 fully saturated rings. The fraction of sp³-hybridized carbons (Fsp3) is 0.333. The van der Waals surface area contributed by atoms with E-state index in [9.17, 15) is 18.7 Å². The first kappa shape index (κ1) is 22.2. The minimum Gasteiger partial charge on any atom is -0.396 e. The lowest BCUT2D eigenvalue weighted by molar-refractivity contribution is 0.00985. The molecule has 1 unspecified atom stereocenters. The van der Waals surface area contributed by atoms with Gasteiger partial charge in [-0.1, -0.05) is 6.07 Å². The van der Waals surface area contributed by atoms with Crippen LogP contribution < -0.4 is 5.56 Å². The van der Waals surface area contributed by atoms with Crippen LogP contribution in [0.4, 0.5) is 8.78 Å². The molecule has 1 atom stereocenters. The molecule has 0 saturated heterocycles. The predicted molar refractivity (Wildman–Crippen MR) is 114 cm³/mol. The van der Waals surface area contributed by atoms with Gasteiger partial charge in [0.25, 0.3) is 5.56 Å². The van der Waals surface area contributed by atoms with Crippen molar-refractivity contribution < 1.29 is 19.0 Å². The maximum atomic E-state index is 14.6. The summed E-state index contributed by atoms with van der Waals surface area (Å²) in [6.45, 7) is -0.0771. The molecule has 3 aromatic heterocycles. The number of unbranched alkanes of at least 4 members (excludes halogenated alkanes) is 1. The number of nitrogens with one attached hydrogen (secondary N) is 1. The second kappa shape index (κ2) is 9.23. The van der Waals surface area contributed by atoms with E-state index in [2.05, 4.69) is 20.1 Å². The molecule has 32 heavy (non-hydrogen) atoms. The predicted octanol–water partition coefficient (Wildman–Crippen LogP) is 2.30. The van der Waals surface area contributed by atoms with Crippen LogP contribution in [0, 0.1) is 11.6 Å². The quantitative estimate of drug-likeness (QED) is 0.329. The van der Waals surface area contributed by atoms with E-state index in [0.717, 1.165) is 17.4 Å². The number of fused-ring (bicyclic) bond motifs is 1. The number of H-pyrrole nitrogens is 1. The Kier molecular flexibility index (Phi) is 6.40. The number of benzene rings is 1. The van der Waals surface area contributed by atoms with Crippen LogP contribution in [0.25, 0.3) is 10.2 Å². The van der Waals surface area contributed by atoms with Crippen LogP contribution in [0.5, 0.6) is 0 Å². The van der Waals surface area contributed by atoms with Gasteiger partial charge in [-0.2, -0.15) is 5.10 Å². The largest absolute Gasteiger partial charge is 0.396 e. The molecule has 8 nitrogen and oxygen atoms in total. The van der Waals surface area contributed by atoms with E-state index in [1.165, 1.54) is 34.7 Å². The van der Waals surface area contributed by atoms with Gasteiger partial charge in [0.2, 0.25) is 0 Å². The number of aromatic nitrogens is 5. The summed E-state index contributed by atoms with van der Waals surface area (Å²) in [7, 11) is 0. The molecule has 0 amide bonds. The molecule has 0 radical (unpaired) electrons. The zero-order chi connectivity index (χ0) is 22.7. The van der Waals surface area contributed by atoms with Crippen LogP contribution in [0.15, 0.2) is 41.7 Å². The van der Waals surface area contributed by atoms with Gasteiger partial charge in [-0.3, -0.25) is 4.79 Å². The van der Waals surface area contributed by atoms with Crippen LogP contribution in [0.1, 0.15) is 29.1 Å². The van der Waals surface area contributed by atoms with Crippen molar-refractivity contribution in [2.75, 3.05) is 6.61 Å². The molecule has 0 aliphatic rings. The van der Waals surface area contributed by atoms with Gasteiger partial charge in [0, 0.05) is 29.5 Å². The van der Waals surface area contributed by atoms with Gasteiger partial charge in [0.1, 0.15) is 40.5 Å². The second-order valence-corrected chi connectivity index (χ2v) is 8.67. The number of thiophene rings is 1. The summed E-state index contributed by atoms with van der Waals surface area (Å²) in [5.74, 6) is -1.52. The Hall–Kier alpha value is -3.02. The molecule has 1 aromatic carbocycles. The van der Waals surface area contributed by atoms with Crippen molar-refractivity contribution in [2.24, 2.45) is 0 Å². The zero-order valence-electron chi connectivity index (χ0n) is 17.0. The first-order chi connectivity index (χ1) is 15.4. The number of aromatic amines is 1. The van der Waals surface area contributed by atoms with Crippen molar-refractivity contribution in [3.05, 3.63) is 75.2 Å². The van der Waals surface area contributed by atoms with Crippen molar-refractivity contribution in [2.45, 2.75) is 37.8 Å². The van der Waals surface area contributed by atoms with Crippen LogP contribution in [-0.2, 0) is 25.0 Å². The highest BCUT2D eigenvalue weighted by atomic mass is 32.1. The third kappa shape index (κ3) is 4.74. The lowest BCUT2D eigenvalue weighted by Crippen LogP contribution is -2.36. The van der Waals surface area contributed by atoms with Crippen molar-refractivity contribution in [3.63, 3.8) is 0 Å². The Morgan fingerprint density at radius 2 is 2.06 bits per heavy atom. The first-order valence-corrected chi connectivity index (χ1v) is 10.8. The van der Waals surface area contributed by atoms with Crippen LogP contribution >= 0.6 is 11.3 Å². The molecule has 0 aliphatic heterocycles. The summed E-state index contributed by atoms with van der Waals surface area (Å²) in [6, 6.07) is 4.69. The average molecular weight is 461 g/mol. The molecule has 3 heterocycles. The number of aliphatic hydroxyl groups is 2. The summed E-state index contributed by atoms with van der Waals surface area (Å²) < 4.78 is 29.4. The molecule has 4 aromatic rings. The molecule has 0 aliphatic carbocycles. The fourth-order valence-electron chi connectivity index (χ4n) is 3.61. The Morgan fingerprint density at radius 1 is 1.22 bits per heavy atom. The van der Waals surface area contributed by atoms with Gasteiger partial charge >= 0.3 is 0 Å². The molecule has 0 spiro atoms. The highest BCUT2D eigenvalue weighted by Gasteiger charge is 2.35. The van der Waals surface area contributed by atoms with E-state index in [1.807, 2.05) is 0 Å². The Balaban J connectivity index is 1.70. The van der Waals surface area contributed by atoms with E-state index < -0.39 is 17.2 Å². The summed E-state index contributed by atoms with van der Waals surface area (Å²) in [5.41, 5.74) is -2.39. The number of rotatable bonds is 9. The van der Waals surface area contributed by atoms with Crippen LogP contribution in [0.3, 0.4) is 0 Å². The lowest BCUT2D eigenvalue weighted by atomic mass is 9.89. The van der Waals surface area contributed by atoms with E-state index >= 15 is 0 Å². The highest BCUT2D eigenvalue weighted by molar-refractivity contribution is 7.18. The number of aliphatic hydroxyl groups excluding tert-OH is 1. The molecular weight excluding hydrogens is 440 g/mol. The lowest BCUT2D eigenvalue weighted by Gasteiger charge is -2.28. The van der Waals surface area contributed by atoms with E-state index in [0.29, 0.717) is 29.1 Å². The first-order valence-electron chi connectivity index (χ1n) is 10.0. The summed E-state index contributed by atoms with van der Waals surface area (Å²) in [6.07, 6.45) is 4.57. The van der Waals surface area contributed by atoms with E-state index in [4.69, 9.17) is 5.11 Å². The smallest absolute Gasteiger partial charge is 0.259 e. The topological polar surface area (TPSA) is 117 Å². The van der Waals surface area contributed by atoms with Gasteiger partial charge in [-0.15, -0.1) is 11.3 Å². The molecule has 0 bridgehead atoms. The normalized spacial score (nSPS) is 13.5. The fourth-order valence-corrected chi connectivity index (χ4v) is 4.70. The average Bonchev–Trinajstić information content (AvgIpc) is 3.37. The summed E-state index contributed by atoms with van der Waals surface area (Å²) in [4.78, 5) is 25.1. The molecule has 168 valence electrons. The van der Waals surface area contributed by atoms with Crippen molar-refractivity contribution in [1.29, 1.82) is 0 Å². The molecule has 0 saturated carbocycles. The van der Waals surface area contributed by atoms with E-state index in [1.54, 1.807) is 6.07 Å². The molecule has 3 N–H and O–H groups in total. The van der Waals surface area contributed by atoms with Crippen molar-refractivity contribution in [3.8, 4) is 0 Å². The van der Waals surface area contributed by atoms with Gasteiger partial charge in [0.05, 0.1) is 11.9 Å². The highest BCUT2D eigenvalue weighted by Crippen LogP contribution is 2.30. The number of halogens is 2. The number of hydrogen-bond acceptors (Lipinski definition) is 7. The maximum absolute atomic E-state index is 14.6. The zero-order valence-corrected chi connectivity index (χ0v) is 17.8. The standard InChI is InChI=1S/C21H21F2N5O3S/c22-13-4-5-16(17(23)7-13)21(31,10-28-12-24-11-25-28)9-18-26-19(30)15-8-14(3-1-2-6-29)32-20(15)27-18/h4-5,7-8,11-12,29,31H,1-3,6,9-10H2,(H,26,27,30). The SMILES string of the molecule is O=c1[nH]c(CC(O)(Cn2cncn2)c2ccc(F)cc2F)nc2sc(CCCCO)cc12. The van der Waals surface area contributed by atoms with Crippen molar-refractivity contribution >= 4 is 21.6 Å². The number of nitrogens with zero attached hydrogens (tertiary/aromatic N) is 4. The van der Waals surface area contributed by atoms with Crippen molar-refractivity contribution in [1.82, 2.24) is 24.7 Å². The van der Waals surface area contributed by atoms with Gasteiger partial charge in [0.15, 0.2) is 0 Å². The monoisotopic (exact) mass is 461 g/mol. The maximum Gasteiger partial charge on any atom is 0.259 e. The van der Waals surface area contributed by atoms with Gasteiger partial charge in [-0.05, 0) is 31.4 Å².